The maximum Gasteiger partial charge on any atom is 0.135 e. The fourth-order valence-electron chi connectivity index (χ4n) is 2.05. The van der Waals surface area contributed by atoms with Crippen LogP contribution in [-0.2, 0) is 0 Å². The highest BCUT2D eigenvalue weighted by molar-refractivity contribution is 5.79. The van der Waals surface area contributed by atoms with Crippen molar-refractivity contribution in [2.75, 3.05) is 7.05 Å². The molecular weight excluding hydrogens is 246 g/mol. The molecule has 2 nitrogen and oxygen atoms in total. The first kappa shape index (κ1) is 13.9. The van der Waals surface area contributed by atoms with E-state index in [9.17, 15) is 0 Å². The van der Waals surface area contributed by atoms with E-state index >= 15 is 0 Å². The van der Waals surface area contributed by atoms with E-state index in [0.29, 0.717) is 5.42 Å². The van der Waals surface area contributed by atoms with Crippen molar-refractivity contribution in [3.8, 4) is 0 Å². The number of fused-ring (bicyclic) bond motifs is 1. The van der Waals surface area contributed by atoms with Gasteiger partial charge < -0.3 is 9.32 Å². The molecule has 0 aliphatic rings. The Morgan fingerprint density at radius 2 is 2.00 bits per heavy atom. The van der Waals surface area contributed by atoms with E-state index in [1.807, 2.05) is 55.3 Å². The van der Waals surface area contributed by atoms with E-state index in [0.717, 1.165) is 27.6 Å². The van der Waals surface area contributed by atoms with Gasteiger partial charge in [-0.1, -0.05) is 44.0 Å². The van der Waals surface area contributed by atoms with Gasteiger partial charge in [-0.3, -0.25) is 0 Å². The van der Waals surface area contributed by atoms with Crippen LogP contribution in [0.4, 0.5) is 0 Å². The molecular formula is C18H19NO. The predicted octanol–water partition coefficient (Wildman–Crippen LogP) is 3.16. The normalized spacial score (nSPS) is 12.7. The number of nitrogens with zero attached hydrogens (tertiary/aromatic N) is 1. The van der Waals surface area contributed by atoms with Crippen LogP contribution in [0.2, 0.25) is 0 Å². The topological polar surface area (TPSA) is 16.4 Å². The third kappa shape index (κ3) is 2.59. The van der Waals surface area contributed by atoms with Crippen molar-refractivity contribution in [3.05, 3.63) is 71.6 Å². The Hall–Kier alpha value is -2.48. The summed E-state index contributed by atoms with van der Waals surface area (Å²) in [6.07, 6.45) is 5.70. The largest absolute Gasteiger partial charge is 0.457 e. The summed E-state index contributed by atoms with van der Waals surface area (Å²) in [6, 6.07) is 7.91. The zero-order chi connectivity index (χ0) is 14.7. The van der Waals surface area contributed by atoms with Crippen LogP contribution in [0.1, 0.15) is 6.92 Å². The SMILES string of the molecule is C=C/C=C(\C)N(C)C(=C)/C=c1\c(=C)oc2ccccc12. The first-order valence-corrected chi connectivity index (χ1v) is 6.44. The van der Waals surface area contributed by atoms with E-state index in [4.69, 9.17) is 4.42 Å². The average Bonchev–Trinajstić information content (AvgIpc) is 2.74. The average molecular weight is 265 g/mol. The van der Waals surface area contributed by atoms with Crippen molar-refractivity contribution >= 4 is 23.6 Å². The molecule has 2 heteroatoms. The molecule has 0 bridgehead atoms. The maximum atomic E-state index is 5.65. The van der Waals surface area contributed by atoms with Crippen LogP contribution in [0.5, 0.6) is 0 Å². The first-order chi connectivity index (χ1) is 9.54. The molecule has 0 fully saturated rings. The Labute approximate surface area is 119 Å². The monoisotopic (exact) mass is 265 g/mol. The highest BCUT2D eigenvalue weighted by Gasteiger charge is 2.04. The van der Waals surface area contributed by atoms with E-state index in [1.165, 1.54) is 0 Å². The van der Waals surface area contributed by atoms with Crippen LogP contribution < -0.4 is 10.6 Å². The van der Waals surface area contributed by atoms with Gasteiger partial charge in [0.1, 0.15) is 11.0 Å². The molecule has 0 atom stereocenters. The lowest BCUT2D eigenvalue weighted by Crippen LogP contribution is -2.21. The Morgan fingerprint density at radius 3 is 2.70 bits per heavy atom. The Morgan fingerprint density at radius 1 is 1.30 bits per heavy atom. The Bertz CT molecular complexity index is 792. The zero-order valence-corrected chi connectivity index (χ0v) is 12.0. The molecule has 0 saturated carbocycles. The number of rotatable bonds is 4. The van der Waals surface area contributed by atoms with E-state index < -0.39 is 0 Å². The summed E-state index contributed by atoms with van der Waals surface area (Å²) in [4.78, 5) is 2.00. The summed E-state index contributed by atoms with van der Waals surface area (Å²) in [5, 5.41) is 2.03. The number of furan rings is 1. The van der Waals surface area contributed by atoms with E-state index in [-0.39, 0.29) is 0 Å². The number of hydrogen-bond acceptors (Lipinski definition) is 2. The number of para-hydroxylation sites is 1. The molecule has 0 saturated heterocycles. The number of allylic oxidation sites excluding steroid dienone is 4. The second-order valence-electron chi connectivity index (χ2n) is 4.67. The fourth-order valence-corrected chi connectivity index (χ4v) is 2.05. The van der Waals surface area contributed by atoms with Crippen LogP contribution in [0.3, 0.4) is 0 Å². The van der Waals surface area contributed by atoms with Gasteiger partial charge >= 0.3 is 0 Å². The molecule has 0 amide bonds. The van der Waals surface area contributed by atoms with Crippen LogP contribution in [0.15, 0.2) is 65.4 Å². The third-order valence-electron chi connectivity index (χ3n) is 3.34. The highest BCUT2D eigenvalue weighted by atomic mass is 16.3. The number of hydrogen-bond donors (Lipinski definition) is 0. The third-order valence-corrected chi connectivity index (χ3v) is 3.34. The summed E-state index contributed by atoms with van der Waals surface area (Å²) in [6.45, 7) is 13.8. The molecule has 2 rings (SSSR count). The lowest BCUT2D eigenvalue weighted by molar-refractivity contribution is 0.546. The van der Waals surface area contributed by atoms with Gasteiger partial charge in [0.25, 0.3) is 0 Å². The predicted molar refractivity (Wildman–Crippen MR) is 86.3 cm³/mol. The van der Waals surface area contributed by atoms with Gasteiger partial charge in [-0.25, -0.2) is 0 Å². The van der Waals surface area contributed by atoms with E-state index in [1.54, 1.807) is 6.08 Å². The Kier molecular flexibility index (Phi) is 3.94. The summed E-state index contributed by atoms with van der Waals surface area (Å²) >= 11 is 0. The molecule has 0 unspecified atom stereocenters. The van der Waals surface area contributed by atoms with Crippen molar-refractivity contribution < 1.29 is 4.42 Å². The molecule has 0 aliphatic carbocycles. The molecule has 0 N–H and O–H groups in total. The zero-order valence-electron chi connectivity index (χ0n) is 12.0. The summed E-state index contributed by atoms with van der Waals surface area (Å²) in [7, 11) is 1.97. The standard InChI is InChI=1S/C18H19NO/c1-6-9-13(2)19(5)14(3)12-17-15(4)20-18-11-8-7-10-16(17)18/h6-12H,1,3-4H2,2,5H3/b13-9+,17-12+. The van der Waals surface area contributed by atoms with Crippen LogP contribution in [-0.4, -0.2) is 11.9 Å². The maximum absolute atomic E-state index is 5.65. The van der Waals surface area contributed by atoms with Crippen LogP contribution in [0, 0.1) is 0 Å². The van der Waals surface area contributed by atoms with Gasteiger partial charge in [-0.05, 0) is 25.1 Å². The summed E-state index contributed by atoms with van der Waals surface area (Å²) in [5.41, 5.74) is 3.44. The van der Waals surface area contributed by atoms with Gasteiger partial charge in [-0.2, -0.15) is 0 Å². The summed E-state index contributed by atoms with van der Waals surface area (Å²) in [5.74, 6) is 0. The van der Waals surface area contributed by atoms with Gasteiger partial charge in [0, 0.05) is 29.0 Å². The number of benzene rings is 1. The van der Waals surface area contributed by atoms with Crippen LogP contribution >= 0.6 is 0 Å². The molecule has 20 heavy (non-hydrogen) atoms. The molecule has 0 aliphatic heterocycles. The van der Waals surface area contributed by atoms with Gasteiger partial charge in [0.2, 0.25) is 0 Å². The van der Waals surface area contributed by atoms with E-state index in [2.05, 4.69) is 19.7 Å². The smallest absolute Gasteiger partial charge is 0.135 e. The molecule has 1 aromatic heterocycles. The van der Waals surface area contributed by atoms with Crippen molar-refractivity contribution in [2.24, 2.45) is 0 Å². The minimum absolute atomic E-state index is 0.658. The molecule has 1 heterocycles. The van der Waals surface area contributed by atoms with Gasteiger partial charge in [0.15, 0.2) is 0 Å². The van der Waals surface area contributed by atoms with Crippen molar-refractivity contribution in [1.29, 1.82) is 0 Å². The lowest BCUT2D eigenvalue weighted by Gasteiger charge is -2.19. The lowest BCUT2D eigenvalue weighted by atomic mass is 10.2. The molecule has 102 valence electrons. The molecule has 0 spiro atoms. The Balaban J connectivity index is 2.51. The van der Waals surface area contributed by atoms with Crippen molar-refractivity contribution in [3.63, 3.8) is 0 Å². The first-order valence-electron chi connectivity index (χ1n) is 6.44. The van der Waals surface area contributed by atoms with Crippen LogP contribution in [0.25, 0.3) is 23.6 Å². The minimum atomic E-state index is 0.658. The van der Waals surface area contributed by atoms with Gasteiger partial charge in [0.05, 0.1) is 0 Å². The second kappa shape index (κ2) is 5.66. The second-order valence-corrected chi connectivity index (χ2v) is 4.67. The van der Waals surface area contributed by atoms with Crippen molar-refractivity contribution in [1.82, 2.24) is 4.90 Å². The quantitative estimate of drug-likeness (QED) is 0.790. The van der Waals surface area contributed by atoms with Gasteiger partial charge in [-0.15, -0.1) is 0 Å². The molecule has 2 aromatic rings. The molecule has 0 radical (unpaired) electrons. The minimum Gasteiger partial charge on any atom is -0.457 e. The fraction of sp³-hybridized carbons (Fsp3) is 0.111. The van der Waals surface area contributed by atoms with Crippen molar-refractivity contribution in [2.45, 2.75) is 6.92 Å². The molecule has 1 aromatic carbocycles. The summed E-state index contributed by atoms with van der Waals surface area (Å²) < 4.78 is 5.65. The highest BCUT2D eigenvalue weighted by Crippen LogP contribution is 2.11.